The predicted molar refractivity (Wildman–Crippen MR) is 201 cm³/mol. The lowest BCUT2D eigenvalue weighted by atomic mass is 10.1. The Morgan fingerprint density at radius 1 is 0.660 bits per heavy atom. The molecule has 0 aromatic rings. The molecule has 0 spiro atoms. The molecule has 1 aliphatic heterocycles. The van der Waals surface area contributed by atoms with E-state index in [-0.39, 0.29) is 31.1 Å². The van der Waals surface area contributed by atoms with E-state index in [1.807, 2.05) is 27.7 Å². The number of hydrogen-bond donors (Lipinski definition) is 0. The Hall–Kier alpha value is -1.41. The summed E-state index contributed by atoms with van der Waals surface area (Å²) in [5, 5.41) is 0.691. The van der Waals surface area contributed by atoms with Crippen molar-refractivity contribution in [2.45, 2.75) is 185 Å². The lowest BCUT2D eigenvalue weighted by molar-refractivity contribution is -0.167. The fourth-order valence-electron chi connectivity index (χ4n) is 5.51. The monoisotopic (exact) mass is 696 g/mol. The summed E-state index contributed by atoms with van der Waals surface area (Å²) < 4.78 is 16.5. The maximum atomic E-state index is 12.6. The third-order valence-corrected chi connectivity index (χ3v) is 11.5. The van der Waals surface area contributed by atoms with Crippen LogP contribution in [-0.4, -0.2) is 48.2 Å². The predicted octanol–water partition coefficient (Wildman–Crippen LogP) is 11.7. The van der Waals surface area contributed by atoms with Gasteiger partial charge in [-0.25, -0.2) is 0 Å². The minimum atomic E-state index is -0.773. The molecule has 0 saturated carbocycles. The molecule has 0 bridgehead atoms. The minimum absolute atomic E-state index is 0.0812. The van der Waals surface area contributed by atoms with Gasteiger partial charge in [-0.2, -0.15) is 0 Å². The number of ether oxygens (including phenoxy) is 3. The van der Waals surface area contributed by atoms with Crippen LogP contribution in [0.15, 0.2) is 24.8 Å². The van der Waals surface area contributed by atoms with Gasteiger partial charge in [0.05, 0.1) is 0 Å². The topological polar surface area (TPSA) is 78.9 Å². The van der Waals surface area contributed by atoms with E-state index in [2.05, 4.69) is 25.7 Å². The Bertz CT molecular complexity index is 811. The van der Waals surface area contributed by atoms with Crippen LogP contribution in [0.25, 0.3) is 0 Å². The van der Waals surface area contributed by atoms with E-state index in [1.165, 1.54) is 70.0 Å². The average molecular weight is 697 g/mol. The zero-order valence-corrected chi connectivity index (χ0v) is 31.5. The van der Waals surface area contributed by atoms with Crippen LogP contribution in [0, 0.1) is 0 Å². The van der Waals surface area contributed by atoms with Crippen molar-refractivity contribution in [3.05, 3.63) is 24.8 Å². The van der Waals surface area contributed by atoms with Gasteiger partial charge in [-0.15, -0.1) is 6.58 Å². The van der Waals surface area contributed by atoms with Crippen LogP contribution in [-0.2, 0) is 28.6 Å². The number of esters is 3. The van der Waals surface area contributed by atoms with Crippen LogP contribution in [0.5, 0.6) is 0 Å². The molecular weight excluding hydrogens is 629 g/mol. The standard InChI is InChI=1S/C39H68O6S2/c1-3-5-7-9-11-12-13-14-15-16-17-18-20-22-24-29-38(41)44-34-35(33-43-37(40)28-23-21-19-10-8-6-4-2)45-39(42)30-26-25-27-36-31-32-46-47-36/h4,14-15,35-36H,2-3,5-13,16-34H2,1H3/b15-14+. The van der Waals surface area contributed by atoms with E-state index >= 15 is 0 Å². The minimum Gasteiger partial charge on any atom is -0.462 e. The Morgan fingerprint density at radius 2 is 1.15 bits per heavy atom. The maximum Gasteiger partial charge on any atom is 0.306 e. The summed E-state index contributed by atoms with van der Waals surface area (Å²) in [7, 11) is 3.89. The van der Waals surface area contributed by atoms with Gasteiger partial charge in [0, 0.05) is 30.3 Å². The number of hydrogen-bond acceptors (Lipinski definition) is 8. The molecule has 0 N–H and O–H groups in total. The van der Waals surface area contributed by atoms with Gasteiger partial charge in [-0.1, -0.05) is 124 Å². The van der Waals surface area contributed by atoms with E-state index in [4.69, 9.17) is 14.2 Å². The van der Waals surface area contributed by atoms with Crippen molar-refractivity contribution < 1.29 is 28.6 Å². The summed E-state index contributed by atoms with van der Waals surface area (Å²) in [4.78, 5) is 37.3. The molecule has 2 atom stereocenters. The Kier molecular flexibility index (Phi) is 30.7. The van der Waals surface area contributed by atoms with Crippen molar-refractivity contribution in [2.24, 2.45) is 0 Å². The van der Waals surface area contributed by atoms with Crippen LogP contribution in [0.1, 0.15) is 174 Å². The molecule has 8 heteroatoms. The van der Waals surface area contributed by atoms with Gasteiger partial charge in [-0.3, -0.25) is 14.4 Å². The first-order valence-corrected chi connectivity index (χ1v) is 21.5. The third-order valence-electron chi connectivity index (χ3n) is 8.47. The van der Waals surface area contributed by atoms with Crippen molar-refractivity contribution in [2.75, 3.05) is 19.0 Å². The highest BCUT2D eigenvalue weighted by Crippen LogP contribution is 2.39. The molecule has 0 aliphatic carbocycles. The first kappa shape index (κ1) is 43.6. The second-order valence-corrected chi connectivity index (χ2v) is 15.8. The lowest BCUT2D eigenvalue weighted by Gasteiger charge is -2.18. The Balaban J connectivity index is 2.23. The maximum absolute atomic E-state index is 12.6. The summed E-state index contributed by atoms with van der Waals surface area (Å²) in [6.07, 6.45) is 32.8. The van der Waals surface area contributed by atoms with Crippen molar-refractivity contribution in [3.8, 4) is 0 Å². The fourth-order valence-corrected chi connectivity index (χ4v) is 8.54. The van der Waals surface area contributed by atoms with E-state index in [0.717, 1.165) is 83.5 Å². The van der Waals surface area contributed by atoms with Crippen molar-refractivity contribution in [3.63, 3.8) is 0 Å². The Morgan fingerprint density at radius 3 is 1.68 bits per heavy atom. The molecule has 272 valence electrons. The van der Waals surface area contributed by atoms with Gasteiger partial charge in [0.15, 0.2) is 6.10 Å². The summed E-state index contributed by atoms with van der Waals surface area (Å²) in [6, 6.07) is 0. The van der Waals surface area contributed by atoms with Crippen LogP contribution < -0.4 is 0 Å². The smallest absolute Gasteiger partial charge is 0.306 e. The number of carbonyl (C=O) groups is 3. The molecule has 0 radical (unpaired) electrons. The molecule has 1 saturated heterocycles. The molecule has 1 fully saturated rings. The summed E-state index contributed by atoms with van der Waals surface area (Å²) >= 11 is 0. The summed E-state index contributed by atoms with van der Waals surface area (Å²) in [5.41, 5.74) is 0. The largest absolute Gasteiger partial charge is 0.462 e. The summed E-state index contributed by atoms with van der Waals surface area (Å²) in [5.74, 6) is 0.290. The normalized spacial score (nSPS) is 15.1. The first-order valence-electron chi connectivity index (χ1n) is 19.1. The van der Waals surface area contributed by atoms with Crippen molar-refractivity contribution >= 4 is 39.5 Å². The average Bonchev–Trinajstić information content (AvgIpc) is 3.59. The number of unbranched alkanes of at least 4 members (excludes halogenated alkanes) is 17. The van der Waals surface area contributed by atoms with Crippen LogP contribution in [0.3, 0.4) is 0 Å². The quantitative estimate of drug-likeness (QED) is 0.0221. The van der Waals surface area contributed by atoms with Crippen LogP contribution in [0.4, 0.5) is 0 Å². The Labute approximate surface area is 296 Å². The molecule has 2 unspecified atom stereocenters. The highest BCUT2D eigenvalue weighted by Gasteiger charge is 2.20. The summed E-state index contributed by atoms with van der Waals surface area (Å²) in [6.45, 7) is 5.84. The highest BCUT2D eigenvalue weighted by molar-refractivity contribution is 8.77. The fraction of sp³-hybridized carbons (Fsp3) is 0.821. The molecule has 0 aromatic heterocycles. The number of rotatable bonds is 33. The van der Waals surface area contributed by atoms with Gasteiger partial charge in [-0.05, 0) is 70.6 Å². The molecule has 0 amide bonds. The first-order chi connectivity index (χ1) is 23.0. The number of allylic oxidation sites excluding steroid dienone is 3. The van der Waals surface area contributed by atoms with E-state index < -0.39 is 6.10 Å². The molecular formula is C39H68O6S2. The second-order valence-electron chi connectivity index (χ2n) is 13.0. The molecule has 47 heavy (non-hydrogen) atoms. The number of carbonyl (C=O) groups excluding carboxylic acids is 3. The van der Waals surface area contributed by atoms with Gasteiger partial charge in [0.25, 0.3) is 0 Å². The SMILES string of the molecule is C=CCCCCCCCC(=O)OCC(COC(=O)CCCCCCC/C=C/CCCCCCCC)OC(=O)CCCCC1CCSS1. The van der Waals surface area contributed by atoms with Crippen LogP contribution >= 0.6 is 21.6 Å². The molecule has 1 heterocycles. The van der Waals surface area contributed by atoms with Gasteiger partial charge >= 0.3 is 17.9 Å². The molecule has 6 nitrogen and oxygen atoms in total. The second kappa shape index (κ2) is 33.1. The third kappa shape index (κ3) is 29.2. The van der Waals surface area contributed by atoms with Crippen LogP contribution in [0.2, 0.25) is 0 Å². The molecule has 1 rings (SSSR count). The van der Waals surface area contributed by atoms with Gasteiger partial charge in [0.2, 0.25) is 0 Å². The van der Waals surface area contributed by atoms with E-state index in [0.29, 0.717) is 24.5 Å². The lowest BCUT2D eigenvalue weighted by Crippen LogP contribution is -2.30. The molecule has 0 aromatic carbocycles. The highest BCUT2D eigenvalue weighted by atomic mass is 33.1. The zero-order chi connectivity index (χ0) is 34.0. The van der Waals surface area contributed by atoms with Crippen molar-refractivity contribution in [1.82, 2.24) is 0 Å². The van der Waals surface area contributed by atoms with E-state index in [9.17, 15) is 14.4 Å². The molecule has 1 aliphatic rings. The van der Waals surface area contributed by atoms with Gasteiger partial charge < -0.3 is 14.2 Å². The van der Waals surface area contributed by atoms with Crippen molar-refractivity contribution in [1.29, 1.82) is 0 Å². The zero-order valence-electron chi connectivity index (χ0n) is 29.9. The van der Waals surface area contributed by atoms with E-state index in [1.54, 1.807) is 0 Å². The van der Waals surface area contributed by atoms with Gasteiger partial charge in [0.1, 0.15) is 13.2 Å².